The first kappa shape index (κ1) is 9.31. The molecule has 0 atom stereocenters. The van der Waals surface area contributed by atoms with Gasteiger partial charge in [-0.25, -0.2) is 0 Å². The van der Waals surface area contributed by atoms with Crippen LogP contribution >= 0.6 is 0 Å². The fourth-order valence-corrected chi connectivity index (χ4v) is 1.29. The molecular weight excluding hydrogens is 144 g/mol. The Morgan fingerprint density at radius 3 is 2.75 bits per heavy atom. The highest BCUT2D eigenvalue weighted by molar-refractivity contribution is 5.12. The molecule has 0 saturated carbocycles. The van der Waals surface area contributed by atoms with Gasteiger partial charge in [0.15, 0.2) is 0 Å². The van der Waals surface area contributed by atoms with Crippen molar-refractivity contribution in [3.05, 3.63) is 35.9 Å². The summed E-state index contributed by atoms with van der Waals surface area (Å²) in [6.07, 6.45) is 6.54. The maximum atomic E-state index is 2.98. The SMILES string of the molecule is CCCCCCc1c[c][c]cc1. The number of hydrogen-bond donors (Lipinski definition) is 0. The van der Waals surface area contributed by atoms with Crippen LogP contribution in [0.5, 0.6) is 0 Å². The molecule has 0 heteroatoms. The smallest absolute Gasteiger partial charge is 0.00961 e. The molecule has 0 saturated heterocycles. The Balaban J connectivity index is 2.16. The van der Waals surface area contributed by atoms with Crippen molar-refractivity contribution in [1.82, 2.24) is 0 Å². The molecule has 0 bridgehead atoms. The van der Waals surface area contributed by atoms with E-state index in [1.54, 1.807) is 0 Å². The van der Waals surface area contributed by atoms with Crippen LogP contribution in [0.3, 0.4) is 0 Å². The molecule has 64 valence electrons. The van der Waals surface area contributed by atoms with E-state index in [1.807, 2.05) is 12.1 Å². The summed E-state index contributed by atoms with van der Waals surface area (Å²) >= 11 is 0. The first-order chi connectivity index (χ1) is 5.93. The number of benzene rings is 1. The molecule has 0 N–H and O–H groups in total. The molecule has 0 aliphatic carbocycles. The predicted octanol–water partition coefficient (Wildman–Crippen LogP) is 3.41. The molecule has 0 aliphatic rings. The van der Waals surface area contributed by atoms with Crippen LogP contribution in [0.2, 0.25) is 0 Å². The summed E-state index contributed by atoms with van der Waals surface area (Å²) in [5, 5.41) is 0. The second-order valence-corrected chi connectivity index (χ2v) is 3.15. The van der Waals surface area contributed by atoms with Crippen LogP contribution in [0.4, 0.5) is 0 Å². The van der Waals surface area contributed by atoms with E-state index < -0.39 is 0 Å². The lowest BCUT2D eigenvalue weighted by Crippen LogP contribution is -1.84. The van der Waals surface area contributed by atoms with E-state index in [9.17, 15) is 0 Å². The molecular formula is C12H16. The van der Waals surface area contributed by atoms with Crippen LogP contribution in [0, 0.1) is 12.1 Å². The number of aryl methyl sites for hydroxylation is 1. The standard InChI is InChI=1S/C12H16/c1-2-3-4-6-9-12-10-7-5-8-11-12/h7,10-11H,2-4,6,9H2,1H3. The first-order valence-corrected chi connectivity index (χ1v) is 4.80. The Morgan fingerprint density at radius 1 is 1.17 bits per heavy atom. The Hall–Kier alpha value is -0.780. The lowest BCUT2D eigenvalue weighted by molar-refractivity contribution is 0.667. The maximum Gasteiger partial charge on any atom is -0.00961 e. The van der Waals surface area contributed by atoms with E-state index in [4.69, 9.17) is 0 Å². The van der Waals surface area contributed by atoms with E-state index in [1.165, 1.54) is 37.7 Å². The lowest BCUT2D eigenvalue weighted by Gasteiger charge is -1.99. The minimum atomic E-state index is 1.20. The van der Waals surface area contributed by atoms with Gasteiger partial charge in [0.05, 0.1) is 0 Å². The van der Waals surface area contributed by atoms with E-state index in [0.717, 1.165) is 0 Å². The number of unbranched alkanes of at least 4 members (excludes halogenated alkanes) is 3. The number of hydrogen-bond acceptors (Lipinski definition) is 0. The zero-order chi connectivity index (χ0) is 8.65. The van der Waals surface area contributed by atoms with Crippen molar-refractivity contribution in [2.45, 2.75) is 39.0 Å². The van der Waals surface area contributed by atoms with Crippen LogP contribution < -0.4 is 0 Å². The van der Waals surface area contributed by atoms with Crippen molar-refractivity contribution in [1.29, 1.82) is 0 Å². The van der Waals surface area contributed by atoms with Gasteiger partial charge < -0.3 is 0 Å². The second kappa shape index (κ2) is 5.82. The predicted molar refractivity (Wildman–Crippen MR) is 52.0 cm³/mol. The first-order valence-electron chi connectivity index (χ1n) is 4.80. The third-order valence-electron chi connectivity index (χ3n) is 2.04. The van der Waals surface area contributed by atoms with Gasteiger partial charge in [-0.3, -0.25) is 0 Å². The van der Waals surface area contributed by atoms with Gasteiger partial charge in [-0.1, -0.05) is 44.4 Å². The zero-order valence-electron chi connectivity index (χ0n) is 7.77. The van der Waals surface area contributed by atoms with Crippen molar-refractivity contribution >= 4 is 0 Å². The zero-order valence-corrected chi connectivity index (χ0v) is 7.77. The van der Waals surface area contributed by atoms with Gasteiger partial charge >= 0.3 is 0 Å². The van der Waals surface area contributed by atoms with Crippen LogP contribution in [0.1, 0.15) is 38.2 Å². The molecule has 0 nitrogen and oxygen atoms in total. The molecule has 0 heterocycles. The van der Waals surface area contributed by atoms with E-state index in [2.05, 4.69) is 25.1 Å². The van der Waals surface area contributed by atoms with Gasteiger partial charge in [-0.05, 0) is 30.5 Å². The van der Waals surface area contributed by atoms with Crippen molar-refractivity contribution in [2.24, 2.45) is 0 Å². The van der Waals surface area contributed by atoms with Gasteiger partial charge in [-0.15, -0.1) is 0 Å². The van der Waals surface area contributed by atoms with Crippen molar-refractivity contribution < 1.29 is 0 Å². The molecule has 2 radical (unpaired) electrons. The largest absolute Gasteiger partial charge is 0.0654 e. The molecule has 1 aromatic rings. The maximum absolute atomic E-state index is 2.98. The Bertz CT molecular complexity index is 188. The summed E-state index contributed by atoms with van der Waals surface area (Å²) in [4.78, 5) is 0. The molecule has 0 amide bonds. The third kappa shape index (κ3) is 3.56. The Labute approximate surface area is 75.6 Å². The molecule has 0 spiro atoms. The summed E-state index contributed by atoms with van der Waals surface area (Å²) < 4.78 is 0. The monoisotopic (exact) mass is 160 g/mol. The fourth-order valence-electron chi connectivity index (χ4n) is 1.29. The number of rotatable bonds is 5. The van der Waals surface area contributed by atoms with Gasteiger partial charge in [0.1, 0.15) is 0 Å². The van der Waals surface area contributed by atoms with E-state index in [0.29, 0.717) is 0 Å². The van der Waals surface area contributed by atoms with Crippen LogP contribution in [-0.2, 0) is 6.42 Å². The summed E-state index contributed by atoms with van der Waals surface area (Å²) in [5.74, 6) is 0. The summed E-state index contributed by atoms with van der Waals surface area (Å²) in [7, 11) is 0. The summed E-state index contributed by atoms with van der Waals surface area (Å²) in [5.41, 5.74) is 1.39. The Kier molecular flexibility index (Phi) is 4.51. The van der Waals surface area contributed by atoms with Gasteiger partial charge in [-0.2, -0.15) is 0 Å². The molecule has 0 unspecified atom stereocenters. The van der Waals surface area contributed by atoms with Crippen LogP contribution in [0.15, 0.2) is 18.2 Å². The second-order valence-electron chi connectivity index (χ2n) is 3.15. The average molecular weight is 160 g/mol. The molecule has 12 heavy (non-hydrogen) atoms. The van der Waals surface area contributed by atoms with Gasteiger partial charge in [0, 0.05) is 0 Å². The van der Waals surface area contributed by atoms with Crippen molar-refractivity contribution in [3.63, 3.8) is 0 Å². The minimum absolute atomic E-state index is 1.20. The highest BCUT2D eigenvalue weighted by Gasteiger charge is 1.90. The van der Waals surface area contributed by atoms with Crippen LogP contribution in [-0.4, -0.2) is 0 Å². The van der Waals surface area contributed by atoms with E-state index >= 15 is 0 Å². The average Bonchev–Trinajstić information content (AvgIpc) is 2.14. The molecule has 0 aliphatic heterocycles. The summed E-state index contributed by atoms with van der Waals surface area (Å²) in [6.45, 7) is 2.24. The van der Waals surface area contributed by atoms with E-state index in [-0.39, 0.29) is 0 Å². The van der Waals surface area contributed by atoms with Crippen LogP contribution in [0.25, 0.3) is 0 Å². The highest BCUT2D eigenvalue weighted by atomic mass is 14.0. The molecule has 0 fully saturated rings. The van der Waals surface area contributed by atoms with Crippen molar-refractivity contribution in [2.75, 3.05) is 0 Å². The molecule has 0 aromatic heterocycles. The minimum Gasteiger partial charge on any atom is -0.0654 e. The Morgan fingerprint density at radius 2 is 2.08 bits per heavy atom. The highest BCUT2D eigenvalue weighted by Crippen LogP contribution is 2.06. The molecule has 1 rings (SSSR count). The summed E-state index contributed by atoms with van der Waals surface area (Å²) in [6, 6.07) is 12.0. The fraction of sp³-hybridized carbons (Fsp3) is 0.500. The van der Waals surface area contributed by atoms with Gasteiger partial charge in [0.25, 0.3) is 0 Å². The quantitative estimate of drug-likeness (QED) is 0.579. The third-order valence-corrected chi connectivity index (χ3v) is 2.04. The van der Waals surface area contributed by atoms with Gasteiger partial charge in [0.2, 0.25) is 0 Å². The normalized spacial score (nSPS) is 10.1. The lowest BCUT2D eigenvalue weighted by atomic mass is 10.1. The topological polar surface area (TPSA) is 0 Å². The molecule has 1 aromatic carbocycles. The van der Waals surface area contributed by atoms with Crippen molar-refractivity contribution in [3.8, 4) is 0 Å².